The largest absolute Gasteiger partial charge is 0.289 e. The van der Waals surface area contributed by atoms with Gasteiger partial charge in [-0.3, -0.25) is 14.9 Å². The molecule has 0 saturated heterocycles. The summed E-state index contributed by atoms with van der Waals surface area (Å²) < 4.78 is 0. The molecule has 0 atom stereocenters. The first-order valence-electron chi connectivity index (χ1n) is 5.85. The van der Waals surface area contributed by atoms with Crippen LogP contribution in [0.25, 0.3) is 5.57 Å². The molecule has 1 aromatic carbocycles. The van der Waals surface area contributed by atoms with Crippen molar-refractivity contribution in [3.63, 3.8) is 0 Å². The van der Waals surface area contributed by atoms with Crippen LogP contribution in [0.15, 0.2) is 24.3 Å². The van der Waals surface area contributed by atoms with Gasteiger partial charge in [0, 0.05) is 25.6 Å². The van der Waals surface area contributed by atoms with Crippen molar-refractivity contribution in [3.8, 4) is 0 Å². The number of rotatable bonds is 3. The van der Waals surface area contributed by atoms with E-state index in [0.29, 0.717) is 5.57 Å². The van der Waals surface area contributed by atoms with Crippen LogP contribution in [0.1, 0.15) is 30.5 Å². The molecule has 1 aromatic rings. The van der Waals surface area contributed by atoms with E-state index in [2.05, 4.69) is 5.32 Å². The summed E-state index contributed by atoms with van der Waals surface area (Å²) in [4.78, 5) is 22.9. The van der Waals surface area contributed by atoms with Gasteiger partial charge in [-0.1, -0.05) is 32.0 Å². The molecule has 3 nitrogen and oxygen atoms in total. The Kier molecular flexibility index (Phi) is 4.97. The summed E-state index contributed by atoms with van der Waals surface area (Å²) in [5.41, 5.74) is 3.66. The number of hydrogen-bond donors (Lipinski definition) is 1. The molecule has 0 fully saturated rings. The summed E-state index contributed by atoms with van der Waals surface area (Å²) in [7, 11) is 0. The van der Waals surface area contributed by atoms with Crippen LogP contribution in [0.4, 0.5) is 0 Å². The quantitative estimate of drug-likeness (QED) is 0.683. The maximum atomic E-state index is 11.7. The van der Waals surface area contributed by atoms with E-state index in [1.165, 1.54) is 6.08 Å². The minimum Gasteiger partial charge on any atom is -0.289 e. The topological polar surface area (TPSA) is 46.2 Å². The van der Waals surface area contributed by atoms with Gasteiger partial charge in [0.05, 0.1) is 5.57 Å². The number of imide groups is 1. The van der Waals surface area contributed by atoms with Gasteiger partial charge in [0.2, 0.25) is 0 Å². The Morgan fingerprint density at radius 2 is 1.61 bits per heavy atom. The second-order valence-corrected chi connectivity index (χ2v) is 4.03. The molecule has 0 radical (unpaired) electrons. The van der Waals surface area contributed by atoms with E-state index in [4.69, 9.17) is 0 Å². The molecule has 0 spiro atoms. The monoisotopic (exact) mass is 293 g/mol. The van der Waals surface area contributed by atoms with E-state index in [-0.39, 0.29) is 31.3 Å². The van der Waals surface area contributed by atoms with Gasteiger partial charge < -0.3 is 0 Å². The first kappa shape index (κ1) is 14.8. The number of aryl methyl sites for hydroxylation is 2. The van der Waals surface area contributed by atoms with Gasteiger partial charge in [-0.2, -0.15) is 0 Å². The molecule has 1 N–H and O–H groups in total. The molecule has 0 unspecified atom stereocenters. The average Bonchev–Trinajstić information content (AvgIpc) is 2.67. The number of carbonyl (C=O) groups is 2. The van der Waals surface area contributed by atoms with E-state index in [1.807, 2.05) is 32.0 Å². The van der Waals surface area contributed by atoms with Crippen LogP contribution in [0.5, 0.6) is 0 Å². The predicted molar refractivity (Wildman–Crippen MR) is 66.3 cm³/mol. The van der Waals surface area contributed by atoms with Gasteiger partial charge in [-0.05, 0) is 29.5 Å². The molecular weight excluding hydrogens is 280 g/mol. The summed E-state index contributed by atoms with van der Waals surface area (Å²) in [6.45, 7) is 4.10. The smallest absolute Gasteiger partial charge is 0.258 e. The van der Waals surface area contributed by atoms with Crippen molar-refractivity contribution in [2.24, 2.45) is 0 Å². The van der Waals surface area contributed by atoms with Gasteiger partial charge in [-0.15, -0.1) is 0 Å². The van der Waals surface area contributed by atoms with Gasteiger partial charge in [0.25, 0.3) is 11.8 Å². The summed E-state index contributed by atoms with van der Waals surface area (Å²) in [6, 6.07) is 6.01. The molecule has 0 aromatic heterocycles. The third kappa shape index (κ3) is 2.59. The van der Waals surface area contributed by atoms with E-state index in [0.717, 1.165) is 29.5 Å². The van der Waals surface area contributed by atoms with Crippen molar-refractivity contribution >= 4 is 17.4 Å². The van der Waals surface area contributed by atoms with Gasteiger partial charge in [0.1, 0.15) is 0 Å². The Morgan fingerprint density at radius 1 is 1.06 bits per heavy atom. The normalized spacial score (nSPS) is 14.0. The molecule has 90 valence electrons. The average molecular weight is 295 g/mol. The summed E-state index contributed by atoms with van der Waals surface area (Å²) in [5, 5.41) is 2.30. The Balaban J connectivity index is 0.00000162. The fourth-order valence-corrected chi connectivity index (χ4v) is 2.19. The molecule has 0 aliphatic carbocycles. The Morgan fingerprint density at radius 3 is 2.00 bits per heavy atom. The zero-order valence-corrected chi connectivity index (χ0v) is 13.7. The fourth-order valence-electron chi connectivity index (χ4n) is 2.19. The Hall–Kier alpha value is -1.28. The van der Waals surface area contributed by atoms with Gasteiger partial charge in [-0.25, -0.2) is 0 Å². The molecule has 18 heavy (non-hydrogen) atoms. The number of carbonyl (C=O) groups excluding carboxylic acids is 2. The standard InChI is InChI=1S/C14H15NO2.Zn/c1-3-9-6-5-7-10(4-2)13(9)11-8-12(16)15-14(11)17;/h5-8H,3-4H2,1-2H3,(H,15,16,17);. The van der Waals surface area contributed by atoms with E-state index in [9.17, 15) is 9.59 Å². The van der Waals surface area contributed by atoms with Gasteiger partial charge in [0.15, 0.2) is 0 Å². The molecular formula is C14H15NO2Zn. The van der Waals surface area contributed by atoms with Crippen LogP contribution in [-0.2, 0) is 41.9 Å². The Bertz CT molecular complexity index is 498. The minimum atomic E-state index is -0.321. The number of hydrogen-bond acceptors (Lipinski definition) is 2. The number of benzene rings is 1. The first-order chi connectivity index (χ1) is 8.17. The van der Waals surface area contributed by atoms with Crippen LogP contribution in [-0.4, -0.2) is 11.8 Å². The zero-order chi connectivity index (χ0) is 12.4. The molecule has 1 aliphatic rings. The summed E-state index contributed by atoms with van der Waals surface area (Å²) in [5.74, 6) is -0.608. The van der Waals surface area contributed by atoms with Crippen LogP contribution in [0.3, 0.4) is 0 Å². The maximum absolute atomic E-state index is 11.7. The third-order valence-electron chi connectivity index (χ3n) is 3.02. The first-order valence-corrected chi connectivity index (χ1v) is 5.85. The van der Waals surface area contributed by atoms with Crippen molar-refractivity contribution < 1.29 is 29.1 Å². The van der Waals surface area contributed by atoms with Crippen molar-refractivity contribution in [2.75, 3.05) is 0 Å². The second kappa shape index (κ2) is 6.06. The zero-order valence-electron chi connectivity index (χ0n) is 10.7. The molecule has 1 aliphatic heterocycles. The summed E-state index contributed by atoms with van der Waals surface area (Å²) >= 11 is 0. The third-order valence-corrected chi connectivity index (χ3v) is 3.02. The number of nitrogens with one attached hydrogen (secondary N) is 1. The van der Waals surface area contributed by atoms with Crippen LogP contribution in [0.2, 0.25) is 0 Å². The summed E-state index contributed by atoms with van der Waals surface area (Å²) in [6.07, 6.45) is 3.10. The van der Waals surface area contributed by atoms with E-state index in [1.54, 1.807) is 0 Å². The number of amides is 2. The van der Waals surface area contributed by atoms with Crippen molar-refractivity contribution in [2.45, 2.75) is 26.7 Å². The minimum absolute atomic E-state index is 0. The van der Waals surface area contributed by atoms with Gasteiger partial charge >= 0.3 is 0 Å². The van der Waals surface area contributed by atoms with Crippen molar-refractivity contribution in [1.82, 2.24) is 5.32 Å². The molecule has 2 rings (SSSR count). The molecule has 1 heterocycles. The maximum Gasteiger partial charge on any atom is 0.258 e. The molecule has 4 heteroatoms. The Labute approximate surface area is 119 Å². The van der Waals surface area contributed by atoms with Crippen LogP contribution in [0, 0.1) is 0 Å². The fraction of sp³-hybridized carbons (Fsp3) is 0.286. The van der Waals surface area contributed by atoms with E-state index >= 15 is 0 Å². The SMILES string of the molecule is CCc1cccc(CC)c1C1=CC(=O)NC1=O.[Zn]. The molecule has 0 bridgehead atoms. The van der Waals surface area contributed by atoms with Crippen LogP contribution < -0.4 is 5.32 Å². The predicted octanol–water partition coefficient (Wildman–Crippen LogP) is 1.85. The van der Waals surface area contributed by atoms with Crippen molar-refractivity contribution in [1.29, 1.82) is 0 Å². The second-order valence-electron chi connectivity index (χ2n) is 4.03. The molecule has 0 saturated carbocycles. The van der Waals surface area contributed by atoms with E-state index < -0.39 is 0 Å². The molecule has 2 amide bonds. The van der Waals surface area contributed by atoms with Crippen molar-refractivity contribution in [3.05, 3.63) is 41.0 Å². The van der Waals surface area contributed by atoms with Crippen LogP contribution >= 0.6 is 0 Å².